The molecule has 0 amide bonds. The van der Waals surface area contributed by atoms with Crippen molar-refractivity contribution in [2.24, 2.45) is 0 Å². The van der Waals surface area contributed by atoms with E-state index in [1.54, 1.807) is 0 Å². The highest BCUT2D eigenvalue weighted by Gasteiger charge is 2.10. The molecule has 0 aliphatic rings. The third-order valence-corrected chi connectivity index (χ3v) is 3.59. The fourth-order valence-electron chi connectivity index (χ4n) is 2.15. The third kappa shape index (κ3) is 13.9. The quantitative estimate of drug-likeness (QED) is 0.341. The highest BCUT2D eigenvalue weighted by atomic mass is 16.6. The molecule has 1 atom stereocenters. The molecular formula is C18H34O4. The SMILES string of the molecule is CCCCCCC(=O)OCCC(C)OC(=O)CCCCCC. The normalized spacial score (nSPS) is 12.0. The molecule has 0 heterocycles. The summed E-state index contributed by atoms with van der Waals surface area (Å²) < 4.78 is 10.5. The minimum Gasteiger partial charge on any atom is -0.466 e. The number of esters is 2. The first-order valence-corrected chi connectivity index (χ1v) is 8.95. The van der Waals surface area contributed by atoms with Crippen molar-refractivity contribution >= 4 is 11.9 Å². The summed E-state index contributed by atoms with van der Waals surface area (Å²) in [5.41, 5.74) is 0. The Balaban J connectivity index is 3.53. The standard InChI is InChI=1S/C18H34O4/c1-4-6-8-10-12-17(19)21-15-14-16(3)22-18(20)13-11-9-7-5-2/h16H,4-15H2,1-3H3. The van der Waals surface area contributed by atoms with Crippen LogP contribution in [-0.4, -0.2) is 24.6 Å². The van der Waals surface area contributed by atoms with Gasteiger partial charge in [0.2, 0.25) is 0 Å². The molecule has 22 heavy (non-hydrogen) atoms. The van der Waals surface area contributed by atoms with Gasteiger partial charge in [-0.1, -0.05) is 52.4 Å². The smallest absolute Gasteiger partial charge is 0.306 e. The lowest BCUT2D eigenvalue weighted by atomic mass is 10.1. The molecule has 4 heteroatoms. The Bertz CT molecular complexity index is 289. The van der Waals surface area contributed by atoms with E-state index in [1.165, 1.54) is 6.42 Å². The zero-order valence-electron chi connectivity index (χ0n) is 14.7. The molecule has 0 spiro atoms. The molecule has 0 bridgehead atoms. The van der Waals surface area contributed by atoms with Crippen LogP contribution in [0.15, 0.2) is 0 Å². The maximum Gasteiger partial charge on any atom is 0.306 e. The topological polar surface area (TPSA) is 52.6 Å². The van der Waals surface area contributed by atoms with E-state index in [0.717, 1.165) is 44.9 Å². The van der Waals surface area contributed by atoms with Gasteiger partial charge in [0.05, 0.1) is 6.61 Å². The second-order valence-corrected chi connectivity index (χ2v) is 5.93. The summed E-state index contributed by atoms with van der Waals surface area (Å²) in [4.78, 5) is 23.1. The van der Waals surface area contributed by atoms with Gasteiger partial charge in [-0.25, -0.2) is 0 Å². The van der Waals surface area contributed by atoms with E-state index in [1.807, 2.05) is 6.92 Å². The molecule has 1 unspecified atom stereocenters. The molecule has 0 aliphatic heterocycles. The summed E-state index contributed by atoms with van der Waals surface area (Å²) in [5, 5.41) is 0. The molecular weight excluding hydrogens is 280 g/mol. The highest BCUT2D eigenvalue weighted by molar-refractivity contribution is 5.69. The van der Waals surface area contributed by atoms with Gasteiger partial charge in [0, 0.05) is 19.3 Å². The predicted octanol–water partition coefficient (Wildman–Crippen LogP) is 4.79. The van der Waals surface area contributed by atoms with Gasteiger partial charge in [-0.3, -0.25) is 9.59 Å². The lowest BCUT2D eigenvalue weighted by molar-refractivity contribution is -0.150. The van der Waals surface area contributed by atoms with E-state index in [4.69, 9.17) is 9.47 Å². The van der Waals surface area contributed by atoms with Crippen molar-refractivity contribution < 1.29 is 19.1 Å². The van der Waals surface area contributed by atoms with Gasteiger partial charge in [-0.05, 0) is 19.8 Å². The zero-order chi connectivity index (χ0) is 16.6. The average molecular weight is 314 g/mol. The van der Waals surface area contributed by atoms with Crippen molar-refractivity contribution in [3.63, 3.8) is 0 Å². The van der Waals surface area contributed by atoms with Crippen LogP contribution in [0.4, 0.5) is 0 Å². The Kier molecular flexibility index (Phi) is 14.1. The lowest BCUT2D eigenvalue weighted by Crippen LogP contribution is -2.18. The summed E-state index contributed by atoms with van der Waals surface area (Å²) in [5.74, 6) is -0.288. The van der Waals surface area contributed by atoms with Gasteiger partial charge >= 0.3 is 11.9 Å². The second-order valence-electron chi connectivity index (χ2n) is 5.93. The van der Waals surface area contributed by atoms with Crippen LogP contribution in [-0.2, 0) is 19.1 Å². The van der Waals surface area contributed by atoms with Gasteiger partial charge in [-0.15, -0.1) is 0 Å². The monoisotopic (exact) mass is 314 g/mol. The van der Waals surface area contributed by atoms with Crippen LogP contribution in [0.5, 0.6) is 0 Å². The van der Waals surface area contributed by atoms with Crippen molar-refractivity contribution in [1.82, 2.24) is 0 Å². The van der Waals surface area contributed by atoms with Crippen LogP contribution in [0.1, 0.15) is 91.4 Å². The molecule has 0 aromatic heterocycles. The number of ether oxygens (including phenoxy) is 2. The average Bonchev–Trinajstić information content (AvgIpc) is 2.48. The van der Waals surface area contributed by atoms with E-state index in [0.29, 0.717) is 25.9 Å². The summed E-state index contributed by atoms with van der Waals surface area (Å²) >= 11 is 0. The first kappa shape index (κ1) is 20.9. The molecule has 0 radical (unpaired) electrons. The van der Waals surface area contributed by atoms with Crippen molar-refractivity contribution in [2.45, 2.75) is 97.5 Å². The molecule has 130 valence electrons. The first-order chi connectivity index (χ1) is 10.6. The molecule has 0 saturated carbocycles. The van der Waals surface area contributed by atoms with Gasteiger partial charge < -0.3 is 9.47 Å². The summed E-state index contributed by atoms with van der Waals surface area (Å²) in [6, 6.07) is 0. The first-order valence-electron chi connectivity index (χ1n) is 8.95. The molecule has 0 N–H and O–H groups in total. The van der Waals surface area contributed by atoms with Crippen molar-refractivity contribution in [1.29, 1.82) is 0 Å². The maximum atomic E-state index is 11.6. The molecule has 0 aromatic carbocycles. The van der Waals surface area contributed by atoms with Crippen molar-refractivity contribution in [2.75, 3.05) is 6.61 Å². The lowest BCUT2D eigenvalue weighted by Gasteiger charge is -2.13. The van der Waals surface area contributed by atoms with Crippen LogP contribution < -0.4 is 0 Å². The summed E-state index contributed by atoms with van der Waals surface area (Å²) in [6.07, 6.45) is 9.97. The number of hydrogen-bond donors (Lipinski definition) is 0. The Labute approximate surface area is 135 Å². The van der Waals surface area contributed by atoms with E-state index < -0.39 is 0 Å². The Hall–Kier alpha value is -1.06. The molecule has 0 rings (SSSR count). The Morgan fingerprint density at radius 1 is 0.818 bits per heavy atom. The Morgan fingerprint density at radius 2 is 1.36 bits per heavy atom. The van der Waals surface area contributed by atoms with Gasteiger partial charge in [-0.2, -0.15) is 0 Å². The van der Waals surface area contributed by atoms with E-state index in [9.17, 15) is 9.59 Å². The summed E-state index contributed by atoms with van der Waals surface area (Å²) in [7, 11) is 0. The Morgan fingerprint density at radius 3 is 1.91 bits per heavy atom. The van der Waals surface area contributed by atoms with E-state index in [2.05, 4.69) is 13.8 Å². The van der Waals surface area contributed by atoms with E-state index in [-0.39, 0.29) is 18.0 Å². The fraction of sp³-hybridized carbons (Fsp3) is 0.889. The number of unbranched alkanes of at least 4 members (excludes halogenated alkanes) is 6. The highest BCUT2D eigenvalue weighted by Crippen LogP contribution is 2.07. The minimum atomic E-state index is -0.188. The second kappa shape index (κ2) is 14.9. The van der Waals surface area contributed by atoms with Gasteiger partial charge in [0.15, 0.2) is 0 Å². The molecule has 0 aliphatic carbocycles. The van der Waals surface area contributed by atoms with Crippen LogP contribution >= 0.6 is 0 Å². The number of carbonyl (C=O) groups is 2. The third-order valence-electron chi connectivity index (χ3n) is 3.59. The van der Waals surface area contributed by atoms with Gasteiger partial charge in [0.1, 0.15) is 6.10 Å². The number of carbonyl (C=O) groups excluding carboxylic acids is 2. The summed E-state index contributed by atoms with van der Waals surface area (Å²) in [6.45, 7) is 6.46. The van der Waals surface area contributed by atoms with E-state index >= 15 is 0 Å². The van der Waals surface area contributed by atoms with Crippen molar-refractivity contribution in [3.05, 3.63) is 0 Å². The minimum absolute atomic E-state index is 0.144. The van der Waals surface area contributed by atoms with Crippen molar-refractivity contribution in [3.8, 4) is 0 Å². The van der Waals surface area contributed by atoms with Gasteiger partial charge in [0.25, 0.3) is 0 Å². The van der Waals surface area contributed by atoms with Crippen LogP contribution in [0.2, 0.25) is 0 Å². The molecule has 4 nitrogen and oxygen atoms in total. The predicted molar refractivity (Wildman–Crippen MR) is 88.6 cm³/mol. The molecule has 0 aromatic rings. The number of rotatable bonds is 14. The van der Waals surface area contributed by atoms with Crippen LogP contribution in [0.3, 0.4) is 0 Å². The molecule has 0 fully saturated rings. The fourth-order valence-corrected chi connectivity index (χ4v) is 2.15. The van der Waals surface area contributed by atoms with Crippen LogP contribution in [0.25, 0.3) is 0 Å². The maximum absolute atomic E-state index is 11.6. The molecule has 0 saturated heterocycles. The zero-order valence-corrected chi connectivity index (χ0v) is 14.7. The largest absolute Gasteiger partial charge is 0.466 e. The number of hydrogen-bond acceptors (Lipinski definition) is 4. The van der Waals surface area contributed by atoms with Crippen LogP contribution in [0, 0.1) is 0 Å².